The van der Waals surface area contributed by atoms with E-state index in [2.05, 4.69) is 12.1 Å². The minimum atomic E-state index is -2.65. The molecule has 1 unspecified atom stereocenters. The van der Waals surface area contributed by atoms with E-state index in [0.717, 1.165) is 25.3 Å². The molecule has 0 aliphatic rings. The summed E-state index contributed by atoms with van der Waals surface area (Å²) in [4.78, 5) is 0. The molecule has 0 saturated carbocycles. The maximum atomic E-state index is 6.24. The number of nitrogens with two attached hydrogens (primary N) is 2. The van der Waals surface area contributed by atoms with Crippen molar-refractivity contribution in [3.63, 3.8) is 0 Å². The molecular weight excluding hydrogens is 284 g/mol. The van der Waals surface area contributed by atoms with Crippen molar-refractivity contribution >= 4 is 8.80 Å². The minimum Gasteiger partial charge on any atom is -0.377 e. The molecular formula is C15H28N2O3Si. The van der Waals surface area contributed by atoms with Gasteiger partial charge in [-0.25, -0.2) is 0 Å². The van der Waals surface area contributed by atoms with Crippen molar-refractivity contribution in [2.45, 2.75) is 31.4 Å². The molecule has 120 valence electrons. The molecule has 21 heavy (non-hydrogen) atoms. The molecule has 5 nitrogen and oxygen atoms in total. The molecule has 0 saturated heterocycles. The summed E-state index contributed by atoms with van der Waals surface area (Å²) in [6.45, 7) is 1.18. The van der Waals surface area contributed by atoms with Crippen molar-refractivity contribution in [3.8, 4) is 0 Å². The predicted octanol–water partition coefficient (Wildman–Crippen LogP) is 1.54. The van der Waals surface area contributed by atoms with E-state index in [-0.39, 0.29) is 6.10 Å². The Labute approximate surface area is 128 Å². The van der Waals surface area contributed by atoms with Crippen molar-refractivity contribution < 1.29 is 13.3 Å². The molecule has 1 rings (SSSR count). The van der Waals surface area contributed by atoms with Crippen LogP contribution < -0.4 is 11.5 Å². The van der Waals surface area contributed by atoms with E-state index in [1.54, 1.807) is 14.2 Å². The second-order valence-electron chi connectivity index (χ2n) is 4.99. The summed E-state index contributed by atoms with van der Waals surface area (Å²) in [5.74, 6) is 0. The third-order valence-electron chi connectivity index (χ3n) is 3.45. The van der Waals surface area contributed by atoms with Crippen molar-refractivity contribution in [2.24, 2.45) is 11.5 Å². The second kappa shape index (κ2) is 10.0. The van der Waals surface area contributed by atoms with E-state index >= 15 is 0 Å². The van der Waals surface area contributed by atoms with Crippen LogP contribution in [0.1, 0.15) is 18.4 Å². The smallest absolute Gasteiger partial charge is 0.377 e. The fourth-order valence-corrected chi connectivity index (χ4v) is 4.51. The van der Waals surface area contributed by atoms with Crippen LogP contribution in [0.4, 0.5) is 0 Å². The van der Waals surface area contributed by atoms with Crippen molar-refractivity contribution in [1.82, 2.24) is 0 Å². The quantitative estimate of drug-likeness (QED) is 0.606. The van der Waals surface area contributed by atoms with Gasteiger partial charge in [0.05, 0.1) is 6.10 Å². The van der Waals surface area contributed by atoms with Crippen molar-refractivity contribution in [1.29, 1.82) is 0 Å². The van der Waals surface area contributed by atoms with Gasteiger partial charge in [0.15, 0.2) is 0 Å². The summed E-state index contributed by atoms with van der Waals surface area (Å²) < 4.78 is 17.4. The maximum absolute atomic E-state index is 6.24. The van der Waals surface area contributed by atoms with Crippen LogP contribution in [0.25, 0.3) is 0 Å². The van der Waals surface area contributed by atoms with Crippen molar-refractivity contribution in [3.05, 3.63) is 35.9 Å². The highest BCUT2D eigenvalue weighted by Gasteiger charge is 2.40. The monoisotopic (exact) mass is 312 g/mol. The molecule has 1 aromatic rings. The van der Waals surface area contributed by atoms with Gasteiger partial charge in [0, 0.05) is 20.3 Å². The van der Waals surface area contributed by atoms with Gasteiger partial charge in [0.25, 0.3) is 0 Å². The lowest BCUT2D eigenvalue weighted by Gasteiger charge is -2.31. The molecule has 0 bridgehead atoms. The van der Waals surface area contributed by atoms with Gasteiger partial charge < -0.3 is 24.7 Å². The third-order valence-corrected chi connectivity index (χ3v) is 6.35. The molecule has 1 aromatic carbocycles. The summed E-state index contributed by atoms with van der Waals surface area (Å²) in [5, 5.41) is 0. The largest absolute Gasteiger partial charge is 0.500 e. The van der Waals surface area contributed by atoms with Gasteiger partial charge >= 0.3 is 8.80 Å². The Kier molecular flexibility index (Phi) is 8.75. The van der Waals surface area contributed by atoms with Crippen LogP contribution in [0.15, 0.2) is 30.3 Å². The van der Waals surface area contributed by atoms with Gasteiger partial charge in [-0.1, -0.05) is 30.3 Å². The van der Waals surface area contributed by atoms with E-state index in [4.69, 9.17) is 24.7 Å². The first kappa shape index (κ1) is 18.3. The van der Waals surface area contributed by atoms with Gasteiger partial charge in [0.1, 0.15) is 0 Å². The zero-order valence-corrected chi connectivity index (χ0v) is 14.1. The maximum Gasteiger partial charge on any atom is 0.500 e. The Morgan fingerprint density at radius 2 is 1.71 bits per heavy atom. The average Bonchev–Trinajstić information content (AvgIpc) is 2.52. The predicted molar refractivity (Wildman–Crippen MR) is 86.9 cm³/mol. The molecule has 6 heteroatoms. The van der Waals surface area contributed by atoms with Crippen LogP contribution in [-0.2, 0) is 19.7 Å². The lowest BCUT2D eigenvalue weighted by atomic mass is 10.1. The van der Waals surface area contributed by atoms with Gasteiger partial charge in [-0.05, 0) is 37.9 Å². The van der Waals surface area contributed by atoms with Crippen LogP contribution >= 0.6 is 0 Å². The van der Waals surface area contributed by atoms with Crippen LogP contribution in [0.2, 0.25) is 6.04 Å². The molecule has 0 aliphatic heterocycles. The minimum absolute atomic E-state index is 0.00161. The first-order valence-electron chi connectivity index (χ1n) is 7.42. The number of rotatable bonds is 11. The van der Waals surface area contributed by atoms with Gasteiger partial charge in [-0.2, -0.15) is 0 Å². The van der Waals surface area contributed by atoms with Crippen LogP contribution in [0, 0.1) is 0 Å². The Morgan fingerprint density at radius 1 is 1.05 bits per heavy atom. The molecule has 0 heterocycles. The van der Waals surface area contributed by atoms with E-state index < -0.39 is 8.80 Å². The van der Waals surface area contributed by atoms with Gasteiger partial charge in [-0.3, -0.25) is 0 Å². The second-order valence-corrected chi connectivity index (χ2v) is 7.91. The van der Waals surface area contributed by atoms with Crippen molar-refractivity contribution in [2.75, 3.05) is 27.3 Å². The lowest BCUT2D eigenvalue weighted by Crippen LogP contribution is -2.47. The normalized spacial score (nSPS) is 13.3. The molecule has 4 N–H and O–H groups in total. The topological polar surface area (TPSA) is 79.7 Å². The van der Waals surface area contributed by atoms with E-state index in [1.807, 2.05) is 18.2 Å². The zero-order chi connectivity index (χ0) is 15.6. The highest BCUT2D eigenvalue weighted by Crippen LogP contribution is 2.21. The van der Waals surface area contributed by atoms with Gasteiger partial charge in [0.2, 0.25) is 0 Å². The van der Waals surface area contributed by atoms with Crippen LogP contribution in [0.5, 0.6) is 0 Å². The lowest BCUT2D eigenvalue weighted by molar-refractivity contribution is 0.0520. The molecule has 0 aromatic heterocycles. The summed E-state index contributed by atoms with van der Waals surface area (Å²) in [7, 11) is 0.640. The molecule has 0 amide bonds. The number of hydrogen-bond acceptors (Lipinski definition) is 5. The third kappa shape index (κ3) is 6.25. The average molecular weight is 312 g/mol. The van der Waals surface area contributed by atoms with Crippen LogP contribution in [0.3, 0.4) is 0 Å². The van der Waals surface area contributed by atoms with E-state index in [1.165, 1.54) is 5.56 Å². The Hall–Kier alpha value is -0.763. The molecule has 0 aliphatic carbocycles. The summed E-state index contributed by atoms with van der Waals surface area (Å²) >= 11 is 0. The Balaban J connectivity index is 2.73. The zero-order valence-electron chi connectivity index (χ0n) is 13.1. The fourth-order valence-electron chi connectivity index (χ4n) is 2.28. The molecule has 0 radical (unpaired) electrons. The Morgan fingerprint density at radius 3 is 2.24 bits per heavy atom. The number of hydrogen-bond donors (Lipinski definition) is 2. The first-order valence-corrected chi connectivity index (χ1v) is 9.35. The Bertz CT molecular complexity index is 374. The van der Waals surface area contributed by atoms with Gasteiger partial charge in [-0.15, -0.1) is 0 Å². The first-order chi connectivity index (χ1) is 10.2. The van der Waals surface area contributed by atoms with E-state index in [9.17, 15) is 0 Å². The highest BCUT2D eigenvalue weighted by molar-refractivity contribution is 6.60. The summed E-state index contributed by atoms with van der Waals surface area (Å²) in [5.41, 5.74) is 12.5. The molecule has 0 spiro atoms. The fraction of sp³-hybridized carbons (Fsp3) is 0.600. The molecule has 1 atom stereocenters. The SMILES string of the molecule is CO[Si](CCCN)(OC)OC(CCN)Cc1ccccc1. The van der Waals surface area contributed by atoms with Crippen LogP contribution in [-0.4, -0.2) is 42.2 Å². The number of benzene rings is 1. The summed E-state index contributed by atoms with van der Waals surface area (Å²) in [6.07, 6.45) is 2.41. The van der Waals surface area contributed by atoms with E-state index in [0.29, 0.717) is 13.1 Å². The standard InChI is InChI=1S/C15H28N2O3Si/c1-18-21(19-2,12-6-10-16)20-15(9-11-17)13-14-7-4-3-5-8-14/h3-5,7-8,15H,6,9-13,16-17H2,1-2H3. The highest BCUT2D eigenvalue weighted by atomic mass is 28.4. The molecule has 0 fully saturated rings. The summed E-state index contributed by atoms with van der Waals surface area (Å²) in [6, 6.07) is 11.0.